The molecule has 0 unspecified atom stereocenters. The third-order valence-electron chi connectivity index (χ3n) is 7.73. The number of benzene rings is 3. The Morgan fingerprint density at radius 2 is 0.925 bits per heavy atom. The van der Waals surface area contributed by atoms with Gasteiger partial charge in [-0.3, -0.25) is 0 Å². The molecule has 5 heterocycles. The van der Waals surface area contributed by atoms with Crippen LogP contribution in [0, 0.1) is 0 Å². The monoisotopic (exact) mass is 516 g/mol. The quantitative estimate of drug-likeness (QED) is 0.233. The highest BCUT2D eigenvalue weighted by Gasteiger charge is 2.22. The summed E-state index contributed by atoms with van der Waals surface area (Å²) in [6, 6.07) is 24.3. The molecule has 40 heavy (non-hydrogen) atoms. The van der Waals surface area contributed by atoms with Crippen LogP contribution in [0.2, 0.25) is 0 Å². The van der Waals surface area contributed by atoms with Crippen LogP contribution in [0.5, 0.6) is 0 Å². The third kappa shape index (κ3) is 3.07. The van der Waals surface area contributed by atoms with Gasteiger partial charge < -0.3 is 9.97 Å². The van der Waals surface area contributed by atoms with Crippen LogP contribution < -0.4 is 0 Å². The number of hydrogen-bond donors (Lipinski definition) is 2. The van der Waals surface area contributed by atoms with Gasteiger partial charge in [-0.05, 0) is 12.8 Å². The van der Waals surface area contributed by atoms with Crippen LogP contribution in [0.3, 0.4) is 0 Å². The Bertz CT molecular complexity index is 2240. The zero-order chi connectivity index (χ0) is 26.2. The minimum absolute atomic E-state index is 0.611. The molecule has 8 heteroatoms. The highest BCUT2D eigenvalue weighted by Crippen LogP contribution is 2.36. The molecular weight excluding hydrogens is 496 g/mol. The summed E-state index contributed by atoms with van der Waals surface area (Å²) >= 11 is 0. The zero-order valence-electron chi connectivity index (χ0n) is 21.2. The van der Waals surface area contributed by atoms with Gasteiger partial charge in [-0.2, -0.15) is 0 Å². The molecule has 188 valence electrons. The Morgan fingerprint density at radius 1 is 0.475 bits per heavy atom. The number of rotatable bonds is 0. The summed E-state index contributed by atoms with van der Waals surface area (Å²) in [4.78, 5) is 37.0. The van der Waals surface area contributed by atoms with E-state index in [1.807, 2.05) is 72.8 Å². The highest BCUT2D eigenvalue weighted by atomic mass is 15.1. The minimum Gasteiger partial charge on any atom is -0.324 e. The average molecular weight is 517 g/mol. The number of aryl methyl sites for hydroxylation is 1. The average Bonchev–Trinajstić information content (AvgIpc) is 3.73. The summed E-state index contributed by atoms with van der Waals surface area (Å²) in [5, 5.41) is 1.93. The maximum Gasteiger partial charge on any atom is 0.164 e. The van der Waals surface area contributed by atoms with Crippen molar-refractivity contribution in [1.29, 1.82) is 0 Å². The summed E-state index contributed by atoms with van der Waals surface area (Å²) in [6.07, 6.45) is 6.13. The van der Waals surface area contributed by atoms with Gasteiger partial charge in [0.2, 0.25) is 0 Å². The molecule has 3 aliphatic rings. The largest absolute Gasteiger partial charge is 0.324 e. The normalized spacial score (nSPS) is 13.2. The van der Waals surface area contributed by atoms with E-state index in [0.717, 1.165) is 68.3 Å². The van der Waals surface area contributed by atoms with E-state index < -0.39 is 0 Å². The van der Waals surface area contributed by atoms with E-state index in [4.69, 9.17) is 29.9 Å². The van der Waals surface area contributed by atoms with E-state index in [1.165, 1.54) is 0 Å². The summed E-state index contributed by atoms with van der Waals surface area (Å²) in [5.41, 5.74) is 8.86. The molecule has 9 rings (SSSR count). The Labute approximate surface area is 227 Å². The fourth-order valence-electron chi connectivity index (χ4n) is 5.84. The van der Waals surface area contributed by atoms with Crippen molar-refractivity contribution in [3.8, 4) is 45.6 Å². The number of nitrogens with zero attached hydrogens (tertiary/aromatic N) is 6. The maximum absolute atomic E-state index is 5.07. The van der Waals surface area contributed by atoms with Crippen LogP contribution in [-0.4, -0.2) is 39.9 Å². The van der Waals surface area contributed by atoms with Crippen molar-refractivity contribution in [1.82, 2.24) is 39.9 Å². The predicted octanol–water partition coefficient (Wildman–Crippen LogP) is 6.68. The molecule has 0 spiro atoms. The standard InChI is InChI=1S/C32H20N8/c1-2-10-18-17(9-1)25-33-26(18)38-28-21-13-5-6-14-22(21)30(35-28)40-32-24-16-8-7-15-23(24)31(36-32)39-29-20-12-4-3-11-19(20)27(34-29)37-25/h1-7,9-15H,8,16H2,(H2,33,34,35,36,37,38,39,40). The van der Waals surface area contributed by atoms with Gasteiger partial charge in [0.05, 0.1) is 0 Å². The lowest BCUT2D eigenvalue weighted by atomic mass is 10.0. The van der Waals surface area contributed by atoms with Crippen molar-refractivity contribution in [2.75, 3.05) is 0 Å². The molecule has 3 aromatic carbocycles. The zero-order valence-corrected chi connectivity index (χ0v) is 21.2. The lowest BCUT2D eigenvalue weighted by Gasteiger charge is -2.03. The van der Waals surface area contributed by atoms with E-state index in [1.54, 1.807) is 0 Å². The van der Waals surface area contributed by atoms with Gasteiger partial charge in [0.15, 0.2) is 23.3 Å². The van der Waals surface area contributed by atoms with E-state index in [9.17, 15) is 0 Å². The SMILES string of the molecule is C1=Cc2c(c3nc4nc(nc5[nH]c(nc6nc(nc2[nH]3)-c2ccccc2-6)c2ccccc52)-c2ccccc2-4)CC1. The van der Waals surface area contributed by atoms with Gasteiger partial charge in [-0.25, -0.2) is 29.9 Å². The minimum atomic E-state index is 0.611. The van der Waals surface area contributed by atoms with Crippen LogP contribution in [-0.2, 0) is 6.42 Å². The summed E-state index contributed by atoms with van der Waals surface area (Å²) in [7, 11) is 0. The Balaban J connectivity index is 1.49. The molecule has 6 aromatic rings. The van der Waals surface area contributed by atoms with Crippen molar-refractivity contribution in [2.24, 2.45) is 0 Å². The van der Waals surface area contributed by atoms with E-state index >= 15 is 0 Å². The van der Waals surface area contributed by atoms with Crippen LogP contribution in [0.1, 0.15) is 17.5 Å². The van der Waals surface area contributed by atoms with Gasteiger partial charge in [0.1, 0.15) is 22.6 Å². The highest BCUT2D eigenvalue weighted by molar-refractivity contribution is 6.05. The van der Waals surface area contributed by atoms with E-state index in [-0.39, 0.29) is 0 Å². The Hall–Kier alpha value is -5.50. The molecule has 2 aliphatic heterocycles. The molecule has 8 bridgehead atoms. The summed E-state index contributed by atoms with van der Waals surface area (Å²) in [5.74, 6) is 2.48. The van der Waals surface area contributed by atoms with Crippen molar-refractivity contribution in [2.45, 2.75) is 12.8 Å². The van der Waals surface area contributed by atoms with E-state index in [0.29, 0.717) is 34.6 Å². The molecule has 0 amide bonds. The van der Waals surface area contributed by atoms with Crippen molar-refractivity contribution >= 4 is 39.4 Å². The molecule has 0 saturated heterocycles. The third-order valence-corrected chi connectivity index (χ3v) is 7.73. The molecule has 0 saturated carbocycles. The van der Waals surface area contributed by atoms with Crippen LogP contribution in [0.4, 0.5) is 0 Å². The molecule has 0 radical (unpaired) electrons. The summed E-state index contributed by atoms with van der Waals surface area (Å²) < 4.78 is 0. The molecule has 2 N–H and O–H groups in total. The number of aromatic nitrogens is 8. The van der Waals surface area contributed by atoms with Crippen LogP contribution in [0.15, 0.2) is 78.9 Å². The molecule has 8 nitrogen and oxygen atoms in total. The lowest BCUT2D eigenvalue weighted by molar-refractivity contribution is 0.995. The fourth-order valence-corrected chi connectivity index (χ4v) is 5.84. The second-order valence-electron chi connectivity index (χ2n) is 10.1. The summed E-state index contributed by atoms with van der Waals surface area (Å²) in [6.45, 7) is 0. The fraction of sp³-hybridized carbons (Fsp3) is 0.0625. The predicted molar refractivity (Wildman–Crippen MR) is 156 cm³/mol. The Kier molecular flexibility index (Phi) is 4.29. The van der Waals surface area contributed by atoms with Crippen LogP contribution >= 0.6 is 0 Å². The lowest BCUT2D eigenvalue weighted by Crippen LogP contribution is -1.92. The molecule has 0 fully saturated rings. The van der Waals surface area contributed by atoms with Crippen LogP contribution in [0.25, 0.3) is 85.0 Å². The number of nitrogens with one attached hydrogen (secondary N) is 2. The first-order chi connectivity index (χ1) is 19.8. The van der Waals surface area contributed by atoms with Crippen molar-refractivity contribution < 1.29 is 0 Å². The first-order valence-corrected chi connectivity index (χ1v) is 13.3. The topological polar surface area (TPSA) is 109 Å². The molecular formula is C32H20N8. The van der Waals surface area contributed by atoms with E-state index in [2.05, 4.69) is 22.1 Å². The van der Waals surface area contributed by atoms with Crippen molar-refractivity contribution in [3.63, 3.8) is 0 Å². The molecule has 0 atom stereocenters. The molecule has 3 aromatic heterocycles. The smallest absolute Gasteiger partial charge is 0.164 e. The number of aromatic amines is 2. The van der Waals surface area contributed by atoms with Gasteiger partial charge in [0, 0.05) is 44.2 Å². The second-order valence-corrected chi connectivity index (χ2v) is 10.1. The van der Waals surface area contributed by atoms with Gasteiger partial charge in [-0.15, -0.1) is 0 Å². The Morgan fingerprint density at radius 3 is 1.48 bits per heavy atom. The molecule has 1 aliphatic carbocycles. The van der Waals surface area contributed by atoms with Crippen molar-refractivity contribution in [3.05, 3.63) is 90.0 Å². The first-order valence-electron chi connectivity index (χ1n) is 13.3. The van der Waals surface area contributed by atoms with Gasteiger partial charge in [-0.1, -0.05) is 84.9 Å². The first kappa shape index (κ1) is 21.4. The van der Waals surface area contributed by atoms with Gasteiger partial charge >= 0.3 is 0 Å². The second kappa shape index (κ2) is 8.00. The number of H-pyrrole nitrogens is 2. The number of allylic oxidation sites excluding steroid dienone is 1. The van der Waals surface area contributed by atoms with Gasteiger partial charge in [0.25, 0.3) is 0 Å². The number of fused-ring (bicyclic) bond motifs is 20. The maximum atomic E-state index is 5.07. The number of hydrogen-bond acceptors (Lipinski definition) is 6.